The third kappa shape index (κ3) is 4.95. The monoisotopic (exact) mass is 324 g/mol. The van der Waals surface area contributed by atoms with E-state index in [0.29, 0.717) is 5.92 Å². The van der Waals surface area contributed by atoms with Crippen LogP contribution in [-0.4, -0.2) is 23.6 Å². The van der Waals surface area contributed by atoms with E-state index in [-0.39, 0.29) is 35.5 Å². The molecule has 2 aliphatic rings. The van der Waals surface area contributed by atoms with E-state index in [4.69, 9.17) is 9.47 Å². The Hall–Kier alpha value is -1.06. The minimum Gasteiger partial charge on any atom is -0.462 e. The highest BCUT2D eigenvalue weighted by atomic mass is 16.6. The van der Waals surface area contributed by atoms with E-state index in [2.05, 4.69) is 6.92 Å². The second-order valence-corrected chi connectivity index (χ2v) is 8.02. The molecule has 0 amide bonds. The lowest BCUT2D eigenvalue weighted by molar-refractivity contribution is -0.166. The Labute approximate surface area is 140 Å². The van der Waals surface area contributed by atoms with Crippen molar-refractivity contribution in [3.8, 4) is 0 Å². The molecule has 2 fully saturated rings. The van der Waals surface area contributed by atoms with Gasteiger partial charge in [-0.05, 0) is 64.2 Å². The molecule has 4 heteroatoms. The molecule has 0 bridgehead atoms. The number of carbonyl (C=O) groups is 2. The fraction of sp³-hybridized carbons (Fsp3) is 0.895. The van der Waals surface area contributed by atoms with Gasteiger partial charge in [0.2, 0.25) is 0 Å². The quantitative estimate of drug-likeness (QED) is 0.709. The van der Waals surface area contributed by atoms with Crippen LogP contribution in [0.15, 0.2) is 0 Å². The molecule has 1 unspecified atom stereocenters. The number of hydrogen-bond acceptors (Lipinski definition) is 4. The zero-order valence-electron chi connectivity index (χ0n) is 15.1. The molecule has 1 atom stereocenters. The fourth-order valence-corrected chi connectivity index (χ4v) is 3.51. The fourth-order valence-electron chi connectivity index (χ4n) is 3.51. The molecule has 0 aliphatic heterocycles. The predicted octanol–water partition coefficient (Wildman–Crippen LogP) is 4.26. The Bertz CT molecular complexity index is 415. The number of ether oxygens (including phenoxy) is 2. The molecule has 0 aromatic rings. The van der Waals surface area contributed by atoms with Crippen LogP contribution in [0.2, 0.25) is 0 Å². The highest BCUT2D eigenvalue weighted by Crippen LogP contribution is 2.35. The summed E-state index contributed by atoms with van der Waals surface area (Å²) in [5.41, 5.74) is -0.243. The first kappa shape index (κ1) is 18.3. The van der Waals surface area contributed by atoms with Crippen molar-refractivity contribution >= 4 is 11.9 Å². The molecular weight excluding hydrogens is 292 g/mol. The second kappa shape index (κ2) is 7.67. The largest absolute Gasteiger partial charge is 0.462 e. The summed E-state index contributed by atoms with van der Waals surface area (Å²) in [5.74, 6) is 0.0464. The molecule has 0 spiro atoms. The summed E-state index contributed by atoms with van der Waals surface area (Å²) in [7, 11) is 0. The van der Waals surface area contributed by atoms with Crippen LogP contribution in [0.5, 0.6) is 0 Å². The van der Waals surface area contributed by atoms with Gasteiger partial charge in [-0.1, -0.05) is 20.8 Å². The Morgan fingerprint density at radius 1 is 1.00 bits per heavy atom. The van der Waals surface area contributed by atoms with Gasteiger partial charge in [0.1, 0.15) is 11.7 Å². The van der Waals surface area contributed by atoms with E-state index in [1.807, 2.05) is 20.8 Å². The lowest BCUT2D eigenvalue weighted by Gasteiger charge is -2.31. The molecule has 0 heterocycles. The van der Waals surface area contributed by atoms with E-state index in [9.17, 15) is 9.59 Å². The minimum absolute atomic E-state index is 0.0232. The van der Waals surface area contributed by atoms with Crippen molar-refractivity contribution in [2.75, 3.05) is 0 Å². The topological polar surface area (TPSA) is 52.6 Å². The molecule has 0 aromatic heterocycles. The van der Waals surface area contributed by atoms with Crippen molar-refractivity contribution in [2.24, 2.45) is 17.8 Å². The summed E-state index contributed by atoms with van der Waals surface area (Å²) < 4.78 is 11.4. The highest BCUT2D eigenvalue weighted by molar-refractivity contribution is 5.73. The number of carbonyl (C=O) groups excluding carboxylic acids is 2. The summed E-state index contributed by atoms with van der Waals surface area (Å²) in [6, 6.07) is 0. The molecule has 0 N–H and O–H groups in total. The molecule has 0 saturated heterocycles. The maximum atomic E-state index is 12.4. The van der Waals surface area contributed by atoms with Crippen molar-refractivity contribution < 1.29 is 19.1 Å². The zero-order chi connectivity index (χ0) is 17.0. The summed E-state index contributed by atoms with van der Waals surface area (Å²) in [5, 5.41) is 0. The molecule has 4 nitrogen and oxygen atoms in total. The Balaban J connectivity index is 1.75. The number of rotatable bonds is 5. The van der Waals surface area contributed by atoms with Gasteiger partial charge in [-0.2, -0.15) is 0 Å². The van der Waals surface area contributed by atoms with Gasteiger partial charge in [0.05, 0.1) is 11.8 Å². The molecule has 0 aromatic carbocycles. The average Bonchev–Trinajstić information content (AvgIpc) is 2.93. The van der Waals surface area contributed by atoms with Crippen LogP contribution in [0.25, 0.3) is 0 Å². The lowest BCUT2D eigenvalue weighted by atomic mass is 9.87. The predicted molar refractivity (Wildman–Crippen MR) is 88.8 cm³/mol. The molecular formula is C19H32O4. The molecule has 132 valence electrons. The normalized spacial score (nSPS) is 28.4. The summed E-state index contributed by atoms with van der Waals surface area (Å²) in [6.45, 7) is 8.03. The van der Waals surface area contributed by atoms with Gasteiger partial charge in [0, 0.05) is 0 Å². The van der Waals surface area contributed by atoms with Gasteiger partial charge >= 0.3 is 11.9 Å². The van der Waals surface area contributed by atoms with Gasteiger partial charge in [-0.15, -0.1) is 0 Å². The summed E-state index contributed by atoms with van der Waals surface area (Å²) in [6.07, 6.45) is 7.32. The van der Waals surface area contributed by atoms with Crippen LogP contribution in [0.1, 0.15) is 79.1 Å². The zero-order valence-corrected chi connectivity index (χ0v) is 15.1. The van der Waals surface area contributed by atoms with E-state index >= 15 is 0 Å². The van der Waals surface area contributed by atoms with Gasteiger partial charge in [-0.3, -0.25) is 9.59 Å². The van der Waals surface area contributed by atoms with E-state index in [1.165, 1.54) is 0 Å². The van der Waals surface area contributed by atoms with E-state index in [0.717, 1.165) is 51.4 Å². The number of hydrogen-bond donors (Lipinski definition) is 0. The Morgan fingerprint density at radius 2 is 1.57 bits per heavy atom. The van der Waals surface area contributed by atoms with E-state index in [1.54, 1.807) is 0 Å². The summed E-state index contributed by atoms with van der Waals surface area (Å²) >= 11 is 0. The molecule has 2 aliphatic carbocycles. The van der Waals surface area contributed by atoms with Crippen LogP contribution < -0.4 is 0 Å². The number of esters is 2. The van der Waals surface area contributed by atoms with E-state index < -0.39 is 0 Å². The molecule has 0 radical (unpaired) electrons. The molecule has 23 heavy (non-hydrogen) atoms. The van der Waals surface area contributed by atoms with Crippen LogP contribution in [0, 0.1) is 17.8 Å². The first-order valence-corrected chi connectivity index (χ1v) is 9.24. The highest BCUT2D eigenvalue weighted by Gasteiger charge is 2.36. The van der Waals surface area contributed by atoms with Crippen molar-refractivity contribution in [3.63, 3.8) is 0 Å². The van der Waals surface area contributed by atoms with Crippen LogP contribution in [-0.2, 0) is 19.1 Å². The van der Waals surface area contributed by atoms with Gasteiger partial charge in [-0.25, -0.2) is 0 Å². The van der Waals surface area contributed by atoms with Crippen molar-refractivity contribution in [3.05, 3.63) is 0 Å². The second-order valence-electron chi connectivity index (χ2n) is 8.02. The first-order chi connectivity index (χ1) is 10.8. The van der Waals surface area contributed by atoms with Crippen LogP contribution in [0.4, 0.5) is 0 Å². The first-order valence-electron chi connectivity index (χ1n) is 9.24. The maximum absolute atomic E-state index is 12.4. The van der Waals surface area contributed by atoms with Gasteiger partial charge < -0.3 is 9.47 Å². The minimum atomic E-state index is -0.243. The maximum Gasteiger partial charge on any atom is 0.309 e. The SMILES string of the molecule is CC(C)C(C)C(=O)OC1CCC(C(=O)OC2(C)CCCC2)CC1. The average molecular weight is 324 g/mol. The smallest absolute Gasteiger partial charge is 0.309 e. The third-order valence-corrected chi connectivity index (χ3v) is 5.67. The standard InChI is InChI=1S/C19H32O4/c1-13(2)14(3)17(20)22-16-9-7-15(8-10-16)18(21)23-19(4)11-5-6-12-19/h13-16H,5-12H2,1-4H3. The summed E-state index contributed by atoms with van der Waals surface area (Å²) in [4.78, 5) is 24.4. The van der Waals surface area contributed by atoms with Gasteiger partial charge in [0.25, 0.3) is 0 Å². The van der Waals surface area contributed by atoms with Crippen LogP contribution in [0.3, 0.4) is 0 Å². The van der Waals surface area contributed by atoms with Crippen LogP contribution >= 0.6 is 0 Å². The van der Waals surface area contributed by atoms with Crippen molar-refractivity contribution in [1.82, 2.24) is 0 Å². The van der Waals surface area contributed by atoms with Crippen molar-refractivity contribution in [1.29, 1.82) is 0 Å². The van der Waals surface area contributed by atoms with Crippen molar-refractivity contribution in [2.45, 2.75) is 90.8 Å². The molecule has 2 saturated carbocycles. The molecule has 2 rings (SSSR count). The Kier molecular flexibility index (Phi) is 6.10. The third-order valence-electron chi connectivity index (χ3n) is 5.67. The Morgan fingerprint density at radius 3 is 2.09 bits per heavy atom. The van der Waals surface area contributed by atoms with Gasteiger partial charge in [0.15, 0.2) is 0 Å². The lowest BCUT2D eigenvalue weighted by Crippen LogP contribution is -2.35.